The van der Waals surface area contributed by atoms with E-state index in [9.17, 15) is 0 Å². The number of hydrogen-bond donors (Lipinski definition) is 1. The van der Waals surface area contributed by atoms with E-state index in [0.717, 1.165) is 33.3 Å². The maximum atomic E-state index is 5.70. The zero-order chi connectivity index (χ0) is 14.5. The molecule has 0 aliphatic heterocycles. The van der Waals surface area contributed by atoms with Gasteiger partial charge in [0.25, 0.3) is 0 Å². The van der Waals surface area contributed by atoms with E-state index in [1.54, 1.807) is 18.9 Å². The number of nitrogens with zero attached hydrogens (tertiary/aromatic N) is 1. The van der Waals surface area contributed by atoms with Gasteiger partial charge in [-0.2, -0.15) is 0 Å². The Morgan fingerprint density at radius 1 is 1.20 bits per heavy atom. The van der Waals surface area contributed by atoms with E-state index in [0.29, 0.717) is 6.54 Å². The molecule has 0 aliphatic carbocycles. The summed E-state index contributed by atoms with van der Waals surface area (Å²) in [6.07, 6.45) is 0. The lowest BCUT2D eigenvalue weighted by atomic mass is 10.1. The molecule has 2 N–H and O–H groups in total. The molecule has 1 heterocycles. The number of ether oxygens (including phenoxy) is 1. The van der Waals surface area contributed by atoms with Crippen LogP contribution in [0.3, 0.4) is 0 Å². The molecule has 2 aromatic rings. The third-order valence-electron chi connectivity index (χ3n) is 3.03. The second-order valence-corrected chi connectivity index (χ2v) is 5.76. The van der Waals surface area contributed by atoms with Crippen LogP contribution in [0, 0.1) is 13.8 Å². The summed E-state index contributed by atoms with van der Waals surface area (Å²) < 4.78 is 5.41. The molecule has 106 valence electrons. The molecule has 0 bridgehead atoms. The first-order valence-electron chi connectivity index (χ1n) is 6.56. The average molecular weight is 288 g/mol. The van der Waals surface area contributed by atoms with Gasteiger partial charge in [0.2, 0.25) is 0 Å². The highest BCUT2D eigenvalue weighted by atomic mass is 32.2. The average Bonchev–Trinajstić information content (AvgIpc) is 2.43. The van der Waals surface area contributed by atoms with Gasteiger partial charge in [0.1, 0.15) is 5.75 Å². The second-order valence-electron chi connectivity index (χ2n) is 4.76. The van der Waals surface area contributed by atoms with Crippen LogP contribution in [-0.2, 0) is 12.3 Å². The zero-order valence-electron chi connectivity index (χ0n) is 12.1. The van der Waals surface area contributed by atoms with Crippen LogP contribution < -0.4 is 10.5 Å². The zero-order valence-corrected chi connectivity index (χ0v) is 13.0. The van der Waals surface area contributed by atoms with Crippen molar-refractivity contribution in [1.29, 1.82) is 0 Å². The fraction of sp³-hybridized carbons (Fsp3) is 0.312. The number of aryl methyl sites for hydroxylation is 2. The molecular formula is C16H20N2OS. The first-order valence-corrected chi connectivity index (χ1v) is 7.55. The van der Waals surface area contributed by atoms with Crippen molar-refractivity contribution in [1.82, 2.24) is 4.98 Å². The van der Waals surface area contributed by atoms with Crippen LogP contribution in [0.4, 0.5) is 0 Å². The van der Waals surface area contributed by atoms with Crippen LogP contribution in [0.2, 0.25) is 0 Å². The molecule has 0 spiro atoms. The third kappa shape index (κ3) is 3.74. The van der Waals surface area contributed by atoms with E-state index < -0.39 is 0 Å². The van der Waals surface area contributed by atoms with Crippen LogP contribution >= 0.6 is 11.8 Å². The molecule has 0 aliphatic rings. The van der Waals surface area contributed by atoms with E-state index in [1.807, 2.05) is 19.1 Å². The highest BCUT2D eigenvalue weighted by molar-refractivity contribution is 7.98. The number of thioether (sulfide) groups is 1. The largest absolute Gasteiger partial charge is 0.496 e. The molecule has 0 atom stereocenters. The van der Waals surface area contributed by atoms with Crippen LogP contribution in [0.5, 0.6) is 5.75 Å². The SMILES string of the molecule is COc1ccc(CN)cc1CSc1cc(C)cc(C)n1. The van der Waals surface area contributed by atoms with Crippen LogP contribution in [-0.4, -0.2) is 12.1 Å². The predicted molar refractivity (Wildman–Crippen MR) is 84.2 cm³/mol. The minimum atomic E-state index is 0.545. The summed E-state index contributed by atoms with van der Waals surface area (Å²) in [5.41, 5.74) is 10.3. The summed E-state index contributed by atoms with van der Waals surface area (Å²) in [7, 11) is 1.70. The van der Waals surface area contributed by atoms with Gasteiger partial charge >= 0.3 is 0 Å². The van der Waals surface area contributed by atoms with Crippen molar-refractivity contribution in [2.75, 3.05) is 7.11 Å². The number of hydrogen-bond acceptors (Lipinski definition) is 4. The van der Waals surface area contributed by atoms with E-state index in [2.05, 4.69) is 30.1 Å². The van der Waals surface area contributed by atoms with Crippen LogP contribution in [0.25, 0.3) is 0 Å². The Labute approximate surface area is 124 Å². The summed E-state index contributed by atoms with van der Waals surface area (Å²) in [6.45, 7) is 4.66. The maximum Gasteiger partial charge on any atom is 0.122 e. The van der Waals surface area contributed by atoms with Gasteiger partial charge in [-0.1, -0.05) is 6.07 Å². The van der Waals surface area contributed by atoms with Gasteiger partial charge in [-0.15, -0.1) is 11.8 Å². The van der Waals surface area contributed by atoms with E-state index in [-0.39, 0.29) is 0 Å². The lowest BCUT2D eigenvalue weighted by Gasteiger charge is -2.10. The van der Waals surface area contributed by atoms with Crippen molar-refractivity contribution >= 4 is 11.8 Å². The van der Waals surface area contributed by atoms with Crippen molar-refractivity contribution in [3.05, 3.63) is 52.7 Å². The summed E-state index contributed by atoms with van der Waals surface area (Å²) in [5, 5.41) is 1.04. The Hall–Kier alpha value is -1.52. The van der Waals surface area contributed by atoms with E-state index in [4.69, 9.17) is 10.5 Å². The van der Waals surface area contributed by atoms with Gasteiger partial charge < -0.3 is 10.5 Å². The number of rotatable bonds is 5. The Balaban J connectivity index is 2.17. The van der Waals surface area contributed by atoms with Gasteiger partial charge in [0.05, 0.1) is 12.1 Å². The van der Waals surface area contributed by atoms with Gasteiger partial charge in [-0.25, -0.2) is 4.98 Å². The van der Waals surface area contributed by atoms with Gasteiger partial charge in [0, 0.05) is 23.6 Å². The van der Waals surface area contributed by atoms with Crippen molar-refractivity contribution < 1.29 is 4.74 Å². The number of methoxy groups -OCH3 is 1. The smallest absolute Gasteiger partial charge is 0.122 e. The first kappa shape index (κ1) is 14.9. The molecule has 2 rings (SSSR count). The molecule has 0 saturated carbocycles. The number of pyridine rings is 1. The lowest BCUT2D eigenvalue weighted by molar-refractivity contribution is 0.411. The molecule has 0 unspecified atom stereocenters. The highest BCUT2D eigenvalue weighted by Gasteiger charge is 2.06. The predicted octanol–water partition coefficient (Wildman–Crippen LogP) is 3.46. The molecular weight excluding hydrogens is 268 g/mol. The van der Waals surface area contributed by atoms with Gasteiger partial charge in [-0.05, 0) is 49.2 Å². The molecule has 4 heteroatoms. The molecule has 1 aromatic carbocycles. The number of nitrogens with two attached hydrogens (primary N) is 1. The van der Waals surface area contributed by atoms with Gasteiger partial charge in [0.15, 0.2) is 0 Å². The molecule has 0 radical (unpaired) electrons. The molecule has 0 fully saturated rings. The molecule has 0 saturated heterocycles. The summed E-state index contributed by atoms with van der Waals surface area (Å²) in [4.78, 5) is 4.54. The summed E-state index contributed by atoms with van der Waals surface area (Å²) in [6, 6.07) is 10.3. The summed E-state index contributed by atoms with van der Waals surface area (Å²) in [5.74, 6) is 1.73. The molecule has 3 nitrogen and oxygen atoms in total. The Bertz CT molecular complexity index is 579. The van der Waals surface area contributed by atoms with Crippen molar-refractivity contribution in [3.8, 4) is 5.75 Å². The summed E-state index contributed by atoms with van der Waals surface area (Å²) >= 11 is 1.72. The highest BCUT2D eigenvalue weighted by Crippen LogP contribution is 2.28. The number of benzene rings is 1. The topological polar surface area (TPSA) is 48.1 Å². The minimum Gasteiger partial charge on any atom is -0.496 e. The molecule has 20 heavy (non-hydrogen) atoms. The third-order valence-corrected chi connectivity index (χ3v) is 3.99. The standard InChI is InChI=1S/C16H20N2OS/c1-11-6-12(2)18-16(7-11)20-10-14-8-13(9-17)4-5-15(14)19-3/h4-8H,9-10,17H2,1-3H3. The van der Waals surface area contributed by atoms with Crippen molar-refractivity contribution in [2.24, 2.45) is 5.73 Å². The minimum absolute atomic E-state index is 0.545. The normalized spacial score (nSPS) is 10.6. The lowest BCUT2D eigenvalue weighted by Crippen LogP contribution is -1.99. The number of aromatic nitrogens is 1. The van der Waals surface area contributed by atoms with Crippen LogP contribution in [0.15, 0.2) is 35.4 Å². The Morgan fingerprint density at radius 2 is 2.00 bits per heavy atom. The second kappa shape index (κ2) is 6.77. The fourth-order valence-electron chi connectivity index (χ4n) is 2.10. The van der Waals surface area contributed by atoms with Crippen molar-refractivity contribution in [3.63, 3.8) is 0 Å². The fourth-order valence-corrected chi connectivity index (χ4v) is 3.11. The van der Waals surface area contributed by atoms with Crippen molar-refractivity contribution in [2.45, 2.75) is 31.2 Å². The van der Waals surface area contributed by atoms with Gasteiger partial charge in [-0.3, -0.25) is 0 Å². The van der Waals surface area contributed by atoms with E-state index in [1.165, 1.54) is 5.56 Å². The Morgan fingerprint density at radius 3 is 2.65 bits per heavy atom. The quantitative estimate of drug-likeness (QED) is 0.856. The monoisotopic (exact) mass is 288 g/mol. The molecule has 1 aromatic heterocycles. The maximum absolute atomic E-state index is 5.70. The van der Waals surface area contributed by atoms with Crippen LogP contribution in [0.1, 0.15) is 22.4 Å². The first-order chi connectivity index (χ1) is 9.62. The van der Waals surface area contributed by atoms with E-state index >= 15 is 0 Å². The molecule has 0 amide bonds. The Kier molecular flexibility index (Phi) is 5.04.